The van der Waals surface area contributed by atoms with Gasteiger partial charge in [0.2, 0.25) is 0 Å². The summed E-state index contributed by atoms with van der Waals surface area (Å²) in [7, 11) is 0. The lowest BCUT2D eigenvalue weighted by atomic mass is 9.86. The molecule has 0 bridgehead atoms. The molecule has 1 atom stereocenters. The largest absolute Gasteiger partial charge is 0.481 e. The number of amides is 1. The second-order valence-corrected chi connectivity index (χ2v) is 5.78. The van der Waals surface area contributed by atoms with Crippen LogP contribution in [0.2, 0.25) is 0 Å². The molecule has 1 N–H and O–H groups in total. The first-order valence-electron chi connectivity index (χ1n) is 6.02. The highest BCUT2D eigenvalue weighted by Gasteiger charge is 2.64. The van der Waals surface area contributed by atoms with E-state index in [1.165, 1.54) is 12.1 Å². The minimum atomic E-state index is -4.90. The zero-order valence-electron chi connectivity index (χ0n) is 10.7. The lowest BCUT2D eigenvalue weighted by Crippen LogP contribution is -2.47. The Bertz CT molecular complexity index is 573. The molecule has 1 unspecified atom stereocenters. The molecular formula is C13H11BrF3NO3. The van der Waals surface area contributed by atoms with E-state index in [0.29, 0.717) is 0 Å². The normalized spacial score (nSPS) is 22.4. The molecule has 2 rings (SSSR count). The lowest BCUT2D eigenvalue weighted by molar-refractivity contribution is -0.227. The standard InChI is InChI=1S/C13H11BrF3NO3/c14-9-3-1-8(2-4-9)10(19)18-6-5-12(7-18,11(20)21)13(15,16)17/h1-4H,5-7H2,(H,20,21). The number of carbonyl (C=O) groups is 2. The monoisotopic (exact) mass is 365 g/mol. The van der Waals surface area contributed by atoms with Crippen LogP contribution in [0.5, 0.6) is 0 Å². The molecule has 114 valence electrons. The molecular weight excluding hydrogens is 355 g/mol. The number of carbonyl (C=O) groups excluding carboxylic acids is 1. The maximum Gasteiger partial charge on any atom is 0.406 e. The molecule has 1 aromatic rings. The molecule has 1 aliphatic rings. The number of carboxylic acids is 1. The fraction of sp³-hybridized carbons (Fsp3) is 0.385. The van der Waals surface area contributed by atoms with Crippen molar-refractivity contribution in [3.8, 4) is 0 Å². The molecule has 0 spiro atoms. The van der Waals surface area contributed by atoms with Crippen LogP contribution in [0.4, 0.5) is 13.2 Å². The van der Waals surface area contributed by atoms with E-state index in [-0.39, 0.29) is 12.1 Å². The fourth-order valence-electron chi connectivity index (χ4n) is 2.29. The molecule has 1 aliphatic heterocycles. The van der Waals surface area contributed by atoms with E-state index in [2.05, 4.69) is 15.9 Å². The Labute approximate surface area is 126 Å². The summed E-state index contributed by atoms with van der Waals surface area (Å²) >= 11 is 3.19. The topological polar surface area (TPSA) is 57.6 Å². The Morgan fingerprint density at radius 1 is 1.24 bits per heavy atom. The summed E-state index contributed by atoms with van der Waals surface area (Å²) in [5, 5.41) is 8.94. The minimum Gasteiger partial charge on any atom is -0.481 e. The molecule has 0 aromatic heterocycles. The van der Waals surface area contributed by atoms with Crippen molar-refractivity contribution in [3.63, 3.8) is 0 Å². The first-order valence-corrected chi connectivity index (χ1v) is 6.82. The molecule has 1 saturated heterocycles. The number of aliphatic carboxylic acids is 1. The lowest BCUT2D eigenvalue weighted by Gasteiger charge is -2.27. The molecule has 1 aromatic carbocycles. The van der Waals surface area contributed by atoms with Crippen LogP contribution < -0.4 is 0 Å². The van der Waals surface area contributed by atoms with E-state index >= 15 is 0 Å². The maximum atomic E-state index is 13.0. The van der Waals surface area contributed by atoms with Gasteiger partial charge in [0.1, 0.15) is 0 Å². The predicted molar refractivity (Wildman–Crippen MR) is 70.8 cm³/mol. The van der Waals surface area contributed by atoms with Crippen molar-refractivity contribution in [2.24, 2.45) is 5.41 Å². The number of hydrogen-bond donors (Lipinski definition) is 1. The second kappa shape index (κ2) is 5.32. The van der Waals surface area contributed by atoms with Crippen molar-refractivity contribution in [2.45, 2.75) is 12.6 Å². The SMILES string of the molecule is O=C(c1ccc(Br)cc1)N1CCC(C(=O)O)(C(F)(F)F)C1. The van der Waals surface area contributed by atoms with Crippen molar-refractivity contribution in [3.05, 3.63) is 34.3 Å². The number of hydrogen-bond acceptors (Lipinski definition) is 2. The van der Waals surface area contributed by atoms with Crippen LogP contribution in [0, 0.1) is 5.41 Å². The van der Waals surface area contributed by atoms with Gasteiger partial charge in [0.25, 0.3) is 5.91 Å². The van der Waals surface area contributed by atoms with Gasteiger partial charge in [0.15, 0.2) is 5.41 Å². The van der Waals surface area contributed by atoms with Crippen LogP contribution in [0.25, 0.3) is 0 Å². The average molecular weight is 366 g/mol. The van der Waals surface area contributed by atoms with Crippen LogP contribution >= 0.6 is 15.9 Å². The highest BCUT2D eigenvalue weighted by molar-refractivity contribution is 9.10. The Hall–Kier alpha value is -1.57. The number of alkyl halides is 3. The maximum absolute atomic E-state index is 13.0. The van der Waals surface area contributed by atoms with Gasteiger partial charge in [-0.1, -0.05) is 15.9 Å². The fourth-order valence-corrected chi connectivity index (χ4v) is 2.55. The smallest absolute Gasteiger partial charge is 0.406 e. The van der Waals surface area contributed by atoms with E-state index < -0.39 is 36.4 Å². The number of halogens is 4. The summed E-state index contributed by atoms with van der Waals surface area (Å²) in [4.78, 5) is 24.1. The Morgan fingerprint density at radius 2 is 1.81 bits per heavy atom. The minimum absolute atomic E-state index is 0.224. The second-order valence-electron chi connectivity index (χ2n) is 4.87. The van der Waals surface area contributed by atoms with E-state index in [1.807, 2.05) is 0 Å². The van der Waals surface area contributed by atoms with Crippen molar-refractivity contribution in [1.82, 2.24) is 4.90 Å². The first kappa shape index (κ1) is 15.8. The van der Waals surface area contributed by atoms with Gasteiger partial charge in [-0.15, -0.1) is 0 Å². The molecule has 1 fully saturated rings. The van der Waals surface area contributed by atoms with E-state index in [4.69, 9.17) is 5.11 Å². The van der Waals surface area contributed by atoms with E-state index in [9.17, 15) is 22.8 Å². The number of carboxylic acid groups (broad SMARTS) is 1. The van der Waals surface area contributed by atoms with Crippen molar-refractivity contribution >= 4 is 27.8 Å². The summed E-state index contributed by atoms with van der Waals surface area (Å²) in [5.74, 6) is -2.55. The van der Waals surface area contributed by atoms with Crippen LogP contribution in [-0.2, 0) is 4.79 Å². The van der Waals surface area contributed by atoms with Crippen LogP contribution in [0.3, 0.4) is 0 Å². The Morgan fingerprint density at radius 3 is 2.24 bits per heavy atom. The van der Waals surface area contributed by atoms with Crippen molar-refractivity contribution < 1.29 is 27.9 Å². The summed E-state index contributed by atoms with van der Waals surface area (Å²) in [5.41, 5.74) is -2.65. The van der Waals surface area contributed by atoms with Gasteiger partial charge >= 0.3 is 12.1 Å². The Kier molecular flexibility index (Phi) is 4.01. The van der Waals surface area contributed by atoms with Gasteiger partial charge in [0, 0.05) is 23.1 Å². The van der Waals surface area contributed by atoms with Crippen LogP contribution in [0.15, 0.2) is 28.7 Å². The molecule has 1 heterocycles. The molecule has 0 saturated carbocycles. The molecule has 0 radical (unpaired) electrons. The first-order chi connectivity index (χ1) is 9.67. The van der Waals surface area contributed by atoms with Crippen molar-refractivity contribution in [2.75, 3.05) is 13.1 Å². The third-order valence-electron chi connectivity index (χ3n) is 3.60. The zero-order chi connectivity index (χ0) is 15.8. The average Bonchev–Trinajstić information content (AvgIpc) is 2.84. The highest BCUT2D eigenvalue weighted by Crippen LogP contribution is 2.45. The van der Waals surface area contributed by atoms with Crippen LogP contribution in [-0.4, -0.2) is 41.1 Å². The van der Waals surface area contributed by atoms with Gasteiger partial charge < -0.3 is 10.0 Å². The van der Waals surface area contributed by atoms with E-state index in [0.717, 1.165) is 9.37 Å². The summed E-state index contributed by atoms with van der Waals surface area (Å²) in [6, 6.07) is 6.14. The van der Waals surface area contributed by atoms with Gasteiger partial charge in [-0.3, -0.25) is 9.59 Å². The highest BCUT2D eigenvalue weighted by atomic mass is 79.9. The van der Waals surface area contributed by atoms with Gasteiger partial charge in [-0.25, -0.2) is 0 Å². The number of likely N-dealkylation sites (tertiary alicyclic amines) is 1. The molecule has 0 aliphatic carbocycles. The summed E-state index contributed by atoms with van der Waals surface area (Å²) in [6.45, 7) is -1.10. The number of nitrogens with zero attached hydrogens (tertiary/aromatic N) is 1. The molecule has 21 heavy (non-hydrogen) atoms. The van der Waals surface area contributed by atoms with Gasteiger partial charge in [-0.2, -0.15) is 13.2 Å². The van der Waals surface area contributed by atoms with Crippen molar-refractivity contribution in [1.29, 1.82) is 0 Å². The quantitative estimate of drug-likeness (QED) is 0.876. The van der Waals surface area contributed by atoms with Crippen LogP contribution in [0.1, 0.15) is 16.8 Å². The predicted octanol–water partition coefficient (Wildman–Crippen LogP) is 2.93. The molecule has 1 amide bonds. The molecule has 4 nitrogen and oxygen atoms in total. The zero-order valence-corrected chi connectivity index (χ0v) is 12.2. The third kappa shape index (κ3) is 2.76. The Balaban J connectivity index is 2.23. The van der Waals surface area contributed by atoms with Gasteiger partial charge in [0.05, 0.1) is 0 Å². The summed E-state index contributed by atoms with van der Waals surface area (Å²) in [6.07, 6.45) is -5.53. The molecule has 8 heteroatoms. The number of rotatable bonds is 2. The summed E-state index contributed by atoms with van der Waals surface area (Å²) < 4.78 is 39.8. The third-order valence-corrected chi connectivity index (χ3v) is 4.13. The number of benzene rings is 1. The van der Waals surface area contributed by atoms with Gasteiger partial charge in [-0.05, 0) is 30.7 Å². The van der Waals surface area contributed by atoms with E-state index in [1.54, 1.807) is 12.1 Å².